The molecule has 6 heteroatoms. The topological polar surface area (TPSA) is 82.6 Å². The molecule has 20 heavy (non-hydrogen) atoms. The first-order valence-electron chi connectivity index (χ1n) is 6.67. The summed E-state index contributed by atoms with van der Waals surface area (Å²) in [6, 6.07) is 0. The average Bonchev–Trinajstić information content (AvgIpc) is 2.56. The number of amides is 1. The van der Waals surface area contributed by atoms with Crippen molar-refractivity contribution >= 4 is 11.7 Å². The summed E-state index contributed by atoms with van der Waals surface area (Å²) < 4.78 is 5.22. The van der Waals surface area contributed by atoms with Crippen LogP contribution in [0.5, 0.6) is 0 Å². The van der Waals surface area contributed by atoms with Crippen molar-refractivity contribution in [3.63, 3.8) is 0 Å². The predicted octanol–water partition coefficient (Wildman–Crippen LogP) is 0.667. The van der Waals surface area contributed by atoms with Crippen LogP contribution in [-0.4, -0.2) is 59.1 Å². The van der Waals surface area contributed by atoms with Gasteiger partial charge in [-0.25, -0.2) is 0 Å². The van der Waals surface area contributed by atoms with Crippen molar-refractivity contribution in [1.82, 2.24) is 9.88 Å². The lowest BCUT2D eigenvalue weighted by molar-refractivity contribution is 0.0534. The van der Waals surface area contributed by atoms with Gasteiger partial charge in [-0.05, 0) is 19.4 Å². The second kappa shape index (κ2) is 5.76. The minimum absolute atomic E-state index is 0.0936. The van der Waals surface area contributed by atoms with Crippen molar-refractivity contribution in [3.8, 4) is 0 Å². The first-order valence-corrected chi connectivity index (χ1v) is 6.67. The van der Waals surface area contributed by atoms with E-state index in [0.717, 1.165) is 0 Å². The van der Waals surface area contributed by atoms with Crippen LogP contribution in [0, 0.1) is 13.8 Å². The molecule has 1 atom stereocenters. The lowest BCUT2D eigenvalue weighted by Gasteiger charge is -2.21. The van der Waals surface area contributed by atoms with Gasteiger partial charge in [-0.2, -0.15) is 0 Å². The Bertz CT molecular complexity index is 536. The summed E-state index contributed by atoms with van der Waals surface area (Å²) in [4.78, 5) is 28.7. The minimum atomic E-state index is -0.673. The summed E-state index contributed by atoms with van der Waals surface area (Å²) >= 11 is 0. The fraction of sp³-hybridized carbons (Fsp3) is 0.571. The molecule has 1 aromatic rings. The number of rotatable bonds is 2. The number of Topliss-reactive ketones (excluding diaryl/α,β-unsaturated/α-hetero) is 1. The molecule has 0 saturated carbocycles. The van der Waals surface area contributed by atoms with Crippen LogP contribution >= 0.6 is 0 Å². The normalized spacial score (nSPS) is 19.8. The molecule has 0 aromatic carbocycles. The number of hydrogen-bond acceptors (Lipinski definition) is 4. The second-order valence-electron chi connectivity index (χ2n) is 5.16. The van der Waals surface area contributed by atoms with Gasteiger partial charge in [0, 0.05) is 25.7 Å². The lowest BCUT2D eigenvalue weighted by Crippen LogP contribution is -2.38. The highest BCUT2D eigenvalue weighted by Gasteiger charge is 2.27. The van der Waals surface area contributed by atoms with Crippen molar-refractivity contribution in [2.75, 3.05) is 26.3 Å². The van der Waals surface area contributed by atoms with E-state index in [1.54, 1.807) is 18.7 Å². The van der Waals surface area contributed by atoms with Crippen molar-refractivity contribution < 1.29 is 19.4 Å². The Morgan fingerprint density at radius 2 is 2.10 bits per heavy atom. The SMILES string of the molecule is CC(=O)c1[nH]c(C)c(C(=O)N2CCOC[C@@H](O)C2)c1C. The quantitative estimate of drug-likeness (QED) is 0.780. The largest absolute Gasteiger partial charge is 0.389 e. The van der Waals surface area contributed by atoms with Gasteiger partial charge in [-0.15, -0.1) is 0 Å². The second-order valence-corrected chi connectivity index (χ2v) is 5.16. The molecule has 6 nitrogen and oxygen atoms in total. The van der Waals surface area contributed by atoms with E-state index in [2.05, 4.69) is 4.98 Å². The maximum atomic E-state index is 12.6. The van der Waals surface area contributed by atoms with E-state index in [9.17, 15) is 14.7 Å². The summed E-state index contributed by atoms with van der Waals surface area (Å²) in [5.41, 5.74) is 2.33. The molecule has 0 bridgehead atoms. The molecule has 2 rings (SSSR count). The molecule has 1 amide bonds. The maximum Gasteiger partial charge on any atom is 0.256 e. The smallest absolute Gasteiger partial charge is 0.256 e. The molecule has 1 aliphatic rings. The Morgan fingerprint density at radius 3 is 2.70 bits per heavy atom. The highest BCUT2D eigenvalue weighted by atomic mass is 16.5. The number of nitrogens with zero attached hydrogens (tertiary/aromatic N) is 1. The Kier molecular flexibility index (Phi) is 4.25. The molecule has 0 aliphatic carbocycles. The number of aliphatic hydroxyl groups is 1. The summed E-state index contributed by atoms with van der Waals surface area (Å²) in [7, 11) is 0. The molecule has 110 valence electrons. The van der Waals surface area contributed by atoms with Gasteiger partial charge in [0.05, 0.1) is 30.6 Å². The Hall–Kier alpha value is -1.66. The fourth-order valence-corrected chi connectivity index (χ4v) is 2.56. The number of ketones is 1. The van der Waals surface area contributed by atoms with Crippen molar-refractivity contribution in [2.45, 2.75) is 26.9 Å². The van der Waals surface area contributed by atoms with Crippen LogP contribution in [0.4, 0.5) is 0 Å². The summed E-state index contributed by atoms with van der Waals surface area (Å²) in [5.74, 6) is -0.266. The number of aryl methyl sites for hydroxylation is 1. The van der Waals surface area contributed by atoms with E-state index in [-0.39, 0.29) is 24.8 Å². The van der Waals surface area contributed by atoms with Crippen LogP contribution in [0.2, 0.25) is 0 Å². The van der Waals surface area contributed by atoms with Crippen molar-refractivity contribution in [2.24, 2.45) is 0 Å². The molecule has 1 aromatic heterocycles. The number of aliphatic hydroxyl groups excluding tert-OH is 1. The summed E-state index contributed by atoms with van der Waals surface area (Å²) in [6.07, 6.45) is -0.673. The van der Waals surface area contributed by atoms with E-state index < -0.39 is 6.10 Å². The Labute approximate surface area is 117 Å². The molecule has 2 heterocycles. The van der Waals surface area contributed by atoms with E-state index in [1.165, 1.54) is 6.92 Å². The molecule has 1 fully saturated rings. The van der Waals surface area contributed by atoms with Gasteiger partial charge < -0.3 is 19.7 Å². The number of carbonyl (C=O) groups excluding carboxylic acids is 2. The molecular weight excluding hydrogens is 260 g/mol. The molecular formula is C14H20N2O4. The summed E-state index contributed by atoms with van der Waals surface area (Å²) in [5, 5.41) is 9.71. The van der Waals surface area contributed by atoms with Gasteiger partial charge in [0.1, 0.15) is 0 Å². The molecule has 0 spiro atoms. The van der Waals surface area contributed by atoms with Crippen LogP contribution in [0.15, 0.2) is 0 Å². The van der Waals surface area contributed by atoms with Gasteiger partial charge in [-0.1, -0.05) is 0 Å². The van der Waals surface area contributed by atoms with Crippen LogP contribution in [0.25, 0.3) is 0 Å². The zero-order chi connectivity index (χ0) is 14.9. The van der Waals surface area contributed by atoms with Gasteiger partial charge in [0.25, 0.3) is 5.91 Å². The molecule has 1 saturated heterocycles. The first kappa shape index (κ1) is 14.7. The minimum Gasteiger partial charge on any atom is -0.389 e. The molecule has 1 aliphatic heterocycles. The van der Waals surface area contributed by atoms with Crippen LogP contribution in [-0.2, 0) is 4.74 Å². The number of carbonyl (C=O) groups is 2. The lowest BCUT2D eigenvalue weighted by atomic mass is 10.1. The van der Waals surface area contributed by atoms with Crippen molar-refractivity contribution in [1.29, 1.82) is 0 Å². The zero-order valence-electron chi connectivity index (χ0n) is 12.0. The van der Waals surface area contributed by atoms with Gasteiger partial charge in [0.2, 0.25) is 0 Å². The monoisotopic (exact) mass is 280 g/mol. The van der Waals surface area contributed by atoms with Gasteiger partial charge in [0.15, 0.2) is 5.78 Å². The number of H-pyrrole nitrogens is 1. The number of aromatic nitrogens is 1. The summed E-state index contributed by atoms with van der Waals surface area (Å²) in [6.45, 7) is 6.35. The zero-order valence-corrected chi connectivity index (χ0v) is 12.0. The van der Waals surface area contributed by atoms with Crippen molar-refractivity contribution in [3.05, 3.63) is 22.5 Å². The number of β-amino-alcohol motifs (C(OH)–C–C–N with tert-alkyl or cyclic N) is 1. The average molecular weight is 280 g/mol. The molecule has 0 radical (unpaired) electrons. The van der Waals surface area contributed by atoms with Crippen LogP contribution in [0.3, 0.4) is 0 Å². The number of hydrogen-bond donors (Lipinski definition) is 2. The number of aromatic amines is 1. The maximum absolute atomic E-state index is 12.6. The molecule has 2 N–H and O–H groups in total. The van der Waals surface area contributed by atoms with Gasteiger partial charge in [-0.3, -0.25) is 9.59 Å². The highest BCUT2D eigenvalue weighted by Crippen LogP contribution is 2.21. The van der Waals surface area contributed by atoms with Crippen LogP contribution in [0.1, 0.15) is 39.0 Å². The van der Waals surface area contributed by atoms with E-state index in [1.807, 2.05) is 0 Å². The number of nitrogens with one attached hydrogen (secondary N) is 1. The third-order valence-electron chi connectivity index (χ3n) is 3.54. The van der Waals surface area contributed by atoms with Crippen LogP contribution < -0.4 is 0 Å². The van der Waals surface area contributed by atoms with E-state index in [4.69, 9.17) is 4.74 Å². The highest BCUT2D eigenvalue weighted by molar-refractivity contribution is 6.02. The Balaban J connectivity index is 2.31. The predicted molar refractivity (Wildman–Crippen MR) is 73.0 cm³/mol. The van der Waals surface area contributed by atoms with E-state index in [0.29, 0.717) is 35.7 Å². The first-order chi connectivity index (χ1) is 9.41. The van der Waals surface area contributed by atoms with Gasteiger partial charge >= 0.3 is 0 Å². The third-order valence-corrected chi connectivity index (χ3v) is 3.54. The number of ether oxygens (including phenoxy) is 1. The third kappa shape index (κ3) is 2.76. The molecule has 0 unspecified atom stereocenters. The fourth-order valence-electron chi connectivity index (χ4n) is 2.56. The Morgan fingerprint density at radius 1 is 1.40 bits per heavy atom. The van der Waals surface area contributed by atoms with E-state index >= 15 is 0 Å². The standard InChI is InChI=1S/C14H20N2O4/c1-8-12(9(2)15-13(8)10(3)17)14(19)16-4-5-20-7-11(18)6-16/h11,15,18H,4-7H2,1-3H3/t11-/m0/s1.